The van der Waals surface area contributed by atoms with Gasteiger partial charge in [0.25, 0.3) is 0 Å². The molecule has 6 nitrogen and oxygen atoms in total. The van der Waals surface area contributed by atoms with Crippen LogP contribution in [0.25, 0.3) is 0 Å². The molecular weight excluding hydrogens is 422 g/mol. The zero-order valence-corrected chi connectivity index (χ0v) is 18.7. The number of nitrogens with one attached hydrogen (secondary N) is 2. The summed E-state index contributed by atoms with van der Waals surface area (Å²) in [7, 11) is -3.68. The Bertz CT molecular complexity index is 900. The first-order chi connectivity index (χ1) is 14.3. The minimum absolute atomic E-state index is 0.0438. The van der Waals surface area contributed by atoms with Gasteiger partial charge >= 0.3 is 6.03 Å². The molecule has 1 aromatic carbocycles. The number of benzene rings is 1. The molecule has 6 rings (SSSR count). The van der Waals surface area contributed by atoms with Crippen molar-refractivity contribution in [3.05, 3.63) is 29.3 Å². The number of hydrogen-bond acceptors (Lipinski definition) is 3. The van der Waals surface area contributed by atoms with Crippen molar-refractivity contribution in [3.8, 4) is 0 Å². The van der Waals surface area contributed by atoms with E-state index in [9.17, 15) is 13.2 Å². The molecule has 0 spiro atoms. The zero-order valence-electron chi connectivity index (χ0n) is 17.1. The monoisotopic (exact) mass is 451 g/mol. The number of amides is 2. The first-order valence-corrected chi connectivity index (χ1v) is 13.0. The van der Waals surface area contributed by atoms with Crippen LogP contribution in [0.3, 0.4) is 0 Å². The van der Waals surface area contributed by atoms with E-state index < -0.39 is 10.0 Å². The summed E-state index contributed by atoms with van der Waals surface area (Å²) in [5, 5.41) is 6.51. The Balaban J connectivity index is 1.22. The SMILES string of the molecule is O=C(NCC1CCCN1S(=O)(=O)c1ccccc1Cl)NC12CC3C[C@H](C1)C[C@@H](C3)C2. The van der Waals surface area contributed by atoms with Gasteiger partial charge in [0.15, 0.2) is 0 Å². The van der Waals surface area contributed by atoms with Crippen LogP contribution >= 0.6 is 11.6 Å². The molecule has 2 amide bonds. The van der Waals surface area contributed by atoms with Gasteiger partial charge in [-0.2, -0.15) is 4.31 Å². The van der Waals surface area contributed by atoms with E-state index in [1.807, 2.05) is 0 Å². The fraction of sp³-hybridized carbons (Fsp3) is 0.682. The number of rotatable bonds is 5. The maximum absolute atomic E-state index is 13.1. The van der Waals surface area contributed by atoms with Gasteiger partial charge in [-0.25, -0.2) is 13.2 Å². The summed E-state index contributed by atoms with van der Waals surface area (Å²) >= 11 is 6.15. The van der Waals surface area contributed by atoms with Gasteiger partial charge in [0, 0.05) is 24.7 Å². The Morgan fingerprint density at radius 1 is 1.10 bits per heavy atom. The Labute approximate surface area is 183 Å². The molecule has 5 aliphatic rings. The molecule has 1 heterocycles. The number of halogens is 1. The molecule has 1 atom stereocenters. The third-order valence-corrected chi connectivity index (χ3v) is 10.1. The molecule has 4 bridgehead atoms. The molecule has 8 heteroatoms. The van der Waals surface area contributed by atoms with Crippen molar-refractivity contribution in [2.24, 2.45) is 17.8 Å². The maximum Gasteiger partial charge on any atom is 0.315 e. The van der Waals surface area contributed by atoms with Crippen molar-refractivity contribution < 1.29 is 13.2 Å². The lowest BCUT2D eigenvalue weighted by molar-refractivity contribution is -0.0135. The highest BCUT2D eigenvalue weighted by molar-refractivity contribution is 7.89. The Hall–Kier alpha value is -1.31. The molecule has 4 aliphatic carbocycles. The number of hydrogen-bond donors (Lipinski definition) is 2. The second kappa shape index (κ2) is 7.68. The fourth-order valence-electron chi connectivity index (χ4n) is 6.87. The second-order valence-corrected chi connectivity index (χ2v) is 12.1. The predicted molar refractivity (Wildman–Crippen MR) is 116 cm³/mol. The molecule has 5 fully saturated rings. The number of sulfonamides is 1. The first-order valence-electron chi connectivity index (χ1n) is 11.2. The summed E-state index contributed by atoms with van der Waals surface area (Å²) in [4.78, 5) is 12.9. The molecule has 30 heavy (non-hydrogen) atoms. The predicted octanol–water partition coefficient (Wildman–Crippen LogP) is 3.76. The maximum atomic E-state index is 13.1. The van der Waals surface area contributed by atoms with Gasteiger partial charge in [0.1, 0.15) is 4.90 Å². The molecule has 1 aromatic rings. The minimum Gasteiger partial charge on any atom is -0.337 e. The van der Waals surface area contributed by atoms with Crippen LogP contribution in [0, 0.1) is 17.8 Å². The average Bonchev–Trinajstić information content (AvgIpc) is 3.15. The van der Waals surface area contributed by atoms with Gasteiger partial charge in [-0.3, -0.25) is 0 Å². The molecule has 164 valence electrons. The number of nitrogens with zero attached hydrogens (tertiary/aromatic N) is 1. The average molecular weight is 452 g/mol. The summed E-state index contributed by atoms with van der Waals surface area (Å²) in [6.07, 6.45) is 8.82. The smallest absolute Gasteiger partial charge is 0.315 e. The standard InChI is InChI=1S/C22H30ClN3O3S/c23-19-5-1-2-6-20(19)30(28,29)26-7-3-4-18(26)14-24-21(27)25-22-11-15-8-16(12-22)10-17(9-15)13-22/h1-2,5-6,15-18H,3-4,7-14H2,(H2,24,25,27)/t15-,16+,17?,18?,22?. The van der Waals surface area contributed by atoms with Gasteiger partial charge in [-0.1, -0.05) is 23.7 Å². The lowest BCUT2D eigenvalue weighted by atomic mass is 9.53. The molecular formula is C22H30ClN3O3S. The Morgan fingerprint density at radius 3 is 2.37 bits per heavy atom. The van der Waals surface area contributed by atoms with Crippen LogP contribution in [0.4, 0.5) is 4.79 Å². The van der Waals surface area contributed by atoms with E-state index in [0.29, 0.717) is 13.1 Å². The first kappa shape index (κ1) is 20.6. The highest BCUT2D eigenvalue weighted by Crippen LogP contribution is 2.55. The van der Waals surface area contributed by atoms with Crippen molar-refractivity contribution in [1.29, 1.82) is 0 Å². The van der Waals surface area contributed by atoms with Gasteiger partial charge in [-0.15, -0.1) is 0 Å². The van der Waals surface area contributed by atoms with Gasteiger partial charge < -0.3 is 10.6 Å². The molecule has 4 saturated carbocycles. The van der Waals surface area contributed by atoms with E-state index in [4.69, 9.17) is 11.6 Å². The van der Waals surface area contributed by atoms with E-state index >= 15 is 0 Å². The summed E-state index contributed by atoms with van der Waals surface area (Å²) in [6, 6.07) is 6.14. The van der Waals surface area contributed by atoms with E-state index in [1.165, 1.54) is 23.6 Å². The van der Waals surface area contributed by atoms with E-state index in [1.54, 1.807) is 24.3 Å². The van der Waals surface area contributed by atoms with Crippen LogP contribution in [-0.4, -0.2) is 43.4 Å². The van der Waals surface area contributed by atoms with Crippen molar-refractivity contribution in [1.82, 2.24) is 14.9 Å². The molecule has 1 unspecified atom stereocenters. The van der Waals surface area contributed by atoms with Crippen LogP contribution in [0.1, 0.15) is 51.4 Å². The zero-order chi connectivity index (χ0) is 20.9. The van der Waals surface area contributed by atoms with Crippen LogP contribution in [0.15, 0.2) is 29.2 Å². The summed E-state index contributed by atoms with van der Waals surface area (Å²) in [6.45, 7) is 0.776. The second-order valence-electron chi connectivity index (χ2n) is 9.88. The number of urea groups is 1. The lowest BCUT2D eigenvalue weighted by Crippen LogP contribution is -2.62. The van der Waals surface area contributed by atoms with Crippen molar-refractivity contribution in [2.75, 3.05) is 13.1 Å². The van der Waals surface area contributed by atoms with Gasteiger partial charge in [-0.05, 0) is 81.3 Å². The number of carbonyl (C=O) groups excluding carboxylic acids is 1. The highest BCUT2D eigenvalue weighted by Gasteiger charge is 2.51. The fourth-order valence-corrected chi connectivity index (χ4v) is 9.06. The highest BCUT2D eigenvalue weighted by atomic mass is 35.5. The van der Waals surface area contributed by atoms with Crippen LogP contribution in [0.5, 0.6) is 0 Å². The molecule has 0 aromatic heterocycles. The molecule has 2 N–H and O–H groups in total. The number of carbonyl (C=O) groups is 1. The van der Waals surface area contributed by atoms with Gasteiger partial charge in [0.05, 0.1) is 5.02 Å². The summed E-state index contributed by atoms with van der Waals surface area (Å²) < 4.78 is 27.7. The Morgan fingerprint density at radius 2 is 1.73 bits per heavy atom. The van der Waals surface area contributed by atoms with Gasteiger partial charge in [0.2, 0.25) is 10.0 Å². The van der Waals surface area contributed by atoms with Crippen LogP contribution in [0.2, 0.25) is 5.02 Å². The Kier molecular flexibility index (Phi) is 5.27. The van der Waals surface area contributed by atoms with E-state index in [2.05, 4.69) is 10.6 Å². The largest absolute Gasteiger partial charge is 0.337 e. The molecule has 1 saturated heterocycles. The van der Waals surface area contributed by atoms with Crippen LogP contribution in [-0.2, 0) is 10.0 Å². The van der Waals surface area contributed by atoms with Crippen molar-refractivity contribution >= 4 is 27.7 Å². The normalized spacial score (nSPS) is 35.5. The lowest BCUT2D eigenvalue weighted by Gasteiger charge is -2.56. The summed E-state index contributed by atoms with van der Waals surface area (Å²) in [5.74, 6) is 2.30. The minimum atomic E-state index is -3.68. The third kappa shape index (κ3) is 3.73. The molecule has 0 radical (unpaired) electrons. The third-order valence-electron chi connectivity index (χ3n) is 7.66. The van der Waals surface area contributed by atoms with E-state index in [-0.39, 0.29) is 27.5 Å². The topological polar surface area (TPSA) is 78.5 Å². The van der Waals surface area contributed by atoms with Crippen molar-refractivity contribution in [3.63, 3.8) is 0 Å². The summed E-state index contributed by atoms with van der Waals surface area (Å²) in [5.41, 5.74) is -0.0438. The molecule has 1 aliphatic heterocycles. The quantitative estimate of drug-likeness (QED) is 0.715. The van der Waals surface area contributed by atoms with Crippen LogP contribution < -0.4 is 10.6 Å². The van der Waals surface area contributed by atoms with Crippen molar-refractivity contribution in [2.45, 2.75) is 67.8 Å². The van der Waals surface area contributed by atoms with E-state index in [0.717, 1.165) is 49.9 Å².